The van der Waals surface area contributed by atoms with Crippen molar-refractivity contribution in [1.82, 2.24) is 25.0 Å². The predicted molar refractivity (Wildman–Crippen MR) is 115 cm³/mol. The Hall–Kier alpha value is -2.30. The van der Waals surface area contributed by atoms with Crippen molar-refractivity contribution in [2.75, 3.05) is 11.1 Å². The van der Waals surface area contributed by atoms with Gasteiger partial charge in [0.05, 0.1) is 5.75 Å². The summed E-state index contributed by atoms with van der Waals surface area (Å²) in [4.78, 5) is 12.2. The number of nitrogens with one attached hydrogen (secondary N) is 1. The number of carbonyl (C=O) groups excluding carboxylic acids is 1. The second kappa shape index (κ2) is 8.38. The highest BCUT2D eigenvalue weighted by Gasteiger charge is 2.18. The Morgan fingerprint density at radius 1 is 1.21 bits per heavy atom. The normalized spacial score (nSPS) is 11.2. The summed E-state index contributed by atoms with van der Waals surface area (Å²) in [5.74, 6) is 0.960. The molecule has 28 heavy (non-hydrogen) atoms. The summed E-state index contributed by atoms with van der Waals surface area (Å²) < 4.78 is 3.33. The standard InChI is InChI=1S/C18H18N6OS3/c1-3-8-24-16(13-9-26-14-7-5-4-6-12(13)14)21-23-18(24)27-10-15(25)19-17-22-20-11(2)28-17/h4-7,9H,3,8,10H2,1-2H3,(H,19,22,25). The maximum absolute atomic E-state index is 12.2. The van der Waals surface area contributed by atoms with Crippen molar-refractivity contribution in [2.45, 2.75) is 32.0 Å². The third kappa shape index (κ3) is 3.94. The van der Waals surface area contributed by atoms with E-state index in [9.17, 15) is 4.79 Å². The minimum atomic E-state index is -0.130. The largest absolute Gasteiger partial charge is 0.302 e. The number of rotatable bonds is 7. The lowest BCUT2D eigenvalue weighted by Crippen LogP contribution is -2.14. The summed E-state index contributed by atoms with van der Waals surface area (Å²) in [5.41, 5.74) is 1.09. The van der Waals surface area contributed by atoms with Gasteiger partial charge in [0.15, 0.2) is 11.0 Å². The van der Waals surface area contributed by atoms with Gasteiger partial charge in [0.2, 0.25) is 11.0 Å². The van der Waals surface area contributed by atoms with E-state index in [1.807, 2.05) is 19.1 Å². The zero-order valence-electron chi connectivity index (χ0n) is 15.4. The Labute approximate surface area is 174 Å². The van der Waals surface area contributed by atoms with Crippen molar-refractivity contribution >= 4 is 55.6 Å². The van der Waals surface area contributed by atoms with Gasteiger partial charge in [0, 0.05) is 27.6 Å². The van der Waals surface area contributed by atoms with Crippen LogP contribution < -0.4 is 5.32 Å². The van der Waals surface area contributed by atoms with Gasteiger partial charge in [-0.25, -0.2) is 0 Å². The van der Waals surface area contributed by atoms with Gasteiger partial charge in [-0.2, -0.15) is 0 Å². The maximum atomic E-state index is 12.2. The number of thiophene rings is 1. The van der Waals surface area contributed by atoms with E-state index >= 15 is 0 Å². The van der Waals surface area contributed by atoms with E-state index in [0.717, 1.165) is 34.5 Å². The molecule has 0 spiro atoms. The summed E-state index contributed by atoms with van der Waals surface area (Å²) in [7, 11) is 0. The first-order valence-corrected chi connectivity index (χ1v) is 11.5. The summed E-state index contributed by atoms with van der Waals surface area (Å²) in [6.07, 6.45) is 0.955. The monoisotopic (exact) mass is 430 g/mol. The lowest BCUT2D eigenvalue weighted by atomic mass is 10.1. The predicted octanol–water partition coefficient (Wildman–Crippen LogP) is 4.46. The molecular weight excluding hydrogens is 412 g/mol. The first kappa shape index (κ1) is 19.0. The van der Waals surface area contributed by atoms with Gasteiger partial charge in [0.1, 0.15) is 5.01 Å². The van der Waals surface area contributed by atoms with Crippen molar-refractivity contribution in [3.05, 3.63) is 34.7 Å². The molecule has 1 aromatic carbocycles. The molecule has 0 saturated heterocycles. The van der Waals surface area contributed by atoms with E-state index in [0.29, 0.717) is 5.13 Å². The fraction of sp³-hybridized carbons (Fsp3) is 0.278. The summed E-state index contributed by atoms with van der Waals surface area (Å²) in [6.45, 7) is 4.77. The van der Waals surface area contributed by atoms with Crippen LogP contribution in [-0.2, 0) is 11.3 Å². The van der Waals surface area contributed by atoms with Crippen LogP contribution >= 0.6 is 34.4 Å². The molecule has 144 valence electrons. The molecule has 7 nitrogen and oxygen atoms in total. The second-order valence-electron chi connectivity index (χ2n) is 6.07. The minimum Gasteiger partial charge on any atom is -0.302 e. The number of aromatic nitrogens is 5. The van der Waals surface area contributed by atoms with E-state index in [2.05, 4.69) is 54.7 Å². The molecular formula is C18H18N6OS3. The van der Waals surface area contributed by atoms with Crippen LogP contribution in [0.15, 0.2) is 34.8 Å². The number of hydrogen-bond acceptors (Lipinski definition) is 8. The number of amides is 1. The Morgan fingerprint density at radius 3 is 2.86 bits per heavy atom. The number of anilines is 1. The van der Waals surface area contributed by atoms with Crippen LogP contribution in [0.4, 0.5) is 5.13 Å². The lowest BCUT2D eigenvalue weighted by Gasteiger charge is -2.08. The number of carbonyl (C=O) groups is 1. The Bertz CT molecular complexity index is 1120. The van der Waals surface area contributed by atoms with Crippen LogP contribution in [0.25, 0.3) is 21.5 Å². The van der Waals surface area contributed by atoms with Gasteiger partial charge >= 0.3 is 0 Å². The topological polar surface area (TPSA) is 85.6 Å². The van der Waals surface area contributed by atoms with Crippen molar-refractivity contribution in [3.63, 3.8) is 0 Å². The van der Waals surface area contributed by atoms with E-state index in [-0.39, 0.29) is 11.7 Å². The minimum absolute atomic E-state index is 0.130. The molecule has 4 rings (SSSR count). The molecule has 0 aliphatic rings. The molecule has 0 unspecified atom stereocenters. The van der Waals surface area contributed by atoms with Gasteiger partial charge in [-0.1, -0.05) is 48.2 Å². The maximum Gasteiger partial charge on any atom is 0.236 e. The van der Waals surface area contributed by atoms with Crippen molar-refractivity contribution < 1.29 is 4.79 Å². The number of benzene rings is 1. The molecule has 1 N–H and O–H groups in total. The van der Waals surface area contributed by atoms with Crippen LogP contribution in [0, 0.1) is 6.92 Å². The zero-order valence-corrected chi connectivity index (χ0v) is 17.8. The van der Waals surface area contributed by atoms with Gasteiger partial charge in [-0.05, 0) is 19.4 Å². The number of nitrogens with zero attached hydrogens (tertiary/aromatic N) is 5. The summed E-state index contributed by atoms with van der Waals surface area (Å²) >= 11 is 4.44. The van der Waals surface area contributed by atoms with Gasteiger partial charge in [-0.3, -0.25) is 10.1 Å². The summed E-state index contributed by atoms with van der Waals surface area (Å²) in [6, 6.07) is 8.29. The average Bonchev–Trinajstić information content (AvgIpc) is 3.39. The van der Waals surface area contributed by atoms with Crippen molar-refractivity contribution in [3.8, 4) is 11.4 Å². The molecule has 3 heterocycles. The lowest BCUT2D eigenvalue weighted by molar-refractivity contribution is -0.113. The second-order valence-corrected chi connectivity index (χ2v) is 9.10. The number of aryl methyl sites for hydroxylation is 1. The van der Waals surface area contributed by atoms with Crippen LogP contribution in [0.3, 0.4) is 0 Å². The molecule has 0 bridgehead atoms. The first-order valence-electron chi connectivity index (χ1n) is 8.78. The van der Waals surface area contributed by atoms with Crippen LogP contribution in [-0.4, -0.2) is 36.6 Å². The SMILES string of the molecule is CCCn1c(SCC(=O)Nc2nnc(C)s2)nnc1-c1csc2ccccc12. The highest BCUT2D eigenvalue weighted by molar-refractivity contribution is 7.99. The van der Waals surface area contributed by atoms with E-state index in [4.69, 9.17) is 0 Å². The van der Waals surface area contributed by atoms with E-state index in [1.165, 1.54) is 33.2 Å². The summed E-state index contributed by atoms with van der Waals surface area (Å²) in [5, 5.41) is 24.8. The molecule has 3 aromatic heterocycles. The van der Waals surface area contributed by atoms with Gasteiger partial charge in [-0.15, -0.1) is 31.7 Å². The molecule has 4 aromatic rings. The number of hydrogen-bond donors (Lipinski definition) is 1. The molecule has 0 aliphatic carbocycles. The molecule has 0 atom stereocenters. The van der Waals surface area contributed by atoms with Gasteiger partial charge < -0.3 is 4.57 Å². The van der Waals surface area contributed by atoms with Crippen LogP contribution in [0.2, 0.25) is 0 Å². The van der Waals surface area contributed by atoms with E-state index < -0.39 is 0 Å². The van der Waals surface area contributed by atoms with Gasteiger partial charge in [0.25, 0.3) is 0 Å². The molecule has 0 radical (unpaired) electrons. The zero-order chi connectivity index (χ0) is 19.5. The fourth-order valence-electron chi connectivity index (χ4n) is 2.80. The van der Waals surface area contributed by atoms with Crippen LogP contribution in [0.5, 0.6) is 0 Å². The molecule has 0 aliphatic heterocycles. The number of fused-ring (bicyclic) bond motifs is 1. The third-order valence-corrected chi connectivity index (χ3v) is 6.68. The molecule has 0 fully saturated rings. The molecule has 0 saturated carbocycles. The Balaban J connectivity index is 1.54. The first-order chi connectivity index (χ1) is 13.7. The highest BCUT2D eigenvalue weighted by Crippen LogP contribution is 2.34. The Morgan fingerprint density at radius 2 is 2.07 bits per heavy atom. The Kier molecular flexibility index (Phi) is 5.69. The quantitative estimate of drug-likeness (QED) is 0.436. The van der Waals surface area contributed by atoms with Crippen LogP contribution in [0.1, 0.15) is 18.4 Å². The molecule has 10 heteroatoms. The molecule has 1 amide bonds. The van der Waals surface area contributed by atoms with Crippen molar-refractivity contribution in [2.24, 2.45) is 0 Å². The smallest absolute Gasteiger partial charge is 0.236 e. The number of thioether (sulfide) groups is 1. The van der Waals surface area contributed by atoms with E-state index in [1.54, 1.807) is 11.3 Å². The highest BCUT2D eigenvalue weighted by atomic mass is 32.2. The average molecular weight is 431 g/mol. The van der Waals surface area contributed by atoms with Crippen molar-refractivity contribution in [1.29, 1.82) is 0 Å². The fourth-order valence-corrected chi connectivity index (χ4v) is 5.12. The third-order valence-electron chi connectivity index (χ3n) is 3.99.